The lowest BCUT2D eigenvalue weighted by Gasteiger charge is -2.37. The van der Waals surface area contributed by atoms with Crippen molar-refractivity contribution in [2.24, 2.45) is 0 Å². The topological polar surface area (TPSA) is 59.0 Å². The van der Waals surface area contributed by atoms with E-state index in [1.165, 1.54) is 57.8 Å². The number of ether oxygens (including phenoxy) is 2. The molecule has 2 unspecified atom stereocenters. The van der Waals surface area contributed by atoms with E-state index in [9.17, 15) is 9.90 Å². The summed E-state index contributed by atoms with van der Waals surface area (Å²) in [5.41, 5.74) is -0.834. The minimum Gasteiger partial charge on any atom is -0.466 e. The van der Waals surface area contributed by atoms with E-state index < -0.39 is 5.60 Å². The zero-order valence-electron chi connectivity index (χ0n) is 23.5. The molecule has 0 spiro atoms. The first-order valence-electron chi connectivity index (χ1n) is 14.5. The molecule has 0 bridgehead atoms. The Morgan fingerprint density at radius 1 is 0.765 bits per heavy atom. The van der Waals surface area contributed by atoms with Crippen LogP contribution in [0.5, 0.6) is 0 Å². The van der Waals surface area contributed by atoms with Gasteiger partial charge in [0.1, 0.15) is 0 Å². The van der Waals surface area contributed by atoms with Crippen molar-refractivity contribution in [2.45, 2.75) is 148 Å². The molecule has 2 atom stereocenters. The van der Waals surface area contributed by atoms with Gasteiger partial charge in [-0.05, 0) is 33.4 Å². The van der Waals surface area contributed by atoms with E-state index in [4.69, 9.17) is 9.47 Å². The van der Waals surface area contributed by atoms with E-state index in [-0.39, 0.29) is 12.1 Å². The molecule has 0 amide bonds. The maximum atomic E-state index is 12.1. The van der Waals surface area contributed by atoms with Crippen LogP contribution in [0.2, 0.25) is 0 Å². The molecular weight excluding hydrogens is 426 g/mol. The minimum atomic E-state index is -0.834. The Hall–Kier alpha value is -0.650. The highest BCUT2D eigenvalue weighted by Crippen LogP contribution is 2.31. The van der Waals surface area contributed by atoms with E-state index in [1.807, 2.05) is 19.0 Å². The fourth-order valence-corrected chi connectivity index (χ4v) is 4.44. The van der Waals surface area contributed by atoms with Gasteiger partial charge in [-0.2, -0.15) is 0 Å². The summed E-state index contributed by atoms with van der Waals surface area (Å²) in [6, 6.07) is 0. The van der Waals surface area contributed by atoms with E-state index in [0.29, 0.717) is 32.6 Å². The third-order valence-corrected chi connectivity index (χ3v) is 6.75. The van der Waals surface area contributed by atoms with Crippen molar-refractivity contribution in [2.75, 3.05) is 33.9 Å². The largest absolute Gasteiger partial charge is 0.466 e. The first kappa shape index (κ1) is 33.4. The van der Waals surface area contributed by atoms with Crippen molar-refractivity contribution in [3.8, 4) is 0 Å². The van der Waals surface area contributed by atoms with Crippen LogP contribution in [0.15, 0.2) is 0 Å². The van der Waals surface area contributed by atoms with Gasteiger partial charge in [0.15, 0.2) is 0 Å². The summed E-state index contributed by atoms with van der Waals surface area (Å²) in [5.74, 6) is -0.168. The molecule has 34 heavy (non-hydrogen) atoms. The van der Waals surface area contributed by atoms with Crippen molar-refractivity contribution in [3.63, 3.8) is 0 Å². The van der Waals surface area contributed by atoms with Crippen LogP contribution < -0.4 is 0 Å². The van der Waals surface area contributed by atoms with Gasteiger partial charge in [-0.25, -0.2) is 0 Å². The highest BCUT2D eigenvalue weighted by Gasteiger charge is 2.36. The van der Waals surface area contributed by atoms with Gasteiger partial charge in [-0.1, -0.05) is 104 Å². The summed E-state index contributed by atoms with van der Waals surface area (Å²) in [4.78, 5) is 14.1. The van der Waals surface area contributed by atoms with E-state index >= 15 is 0 Å². The van der Waals surface area contributed by atoms with Gasteiger partial charge in [0.05, 0.1) is 24.7 Å². The van der Waals surface area contributed by atoms with Crippen LogP contribution >= 0.6 is 0 Å². The average molecular weight is 486 g/mol. The third-order valence-electron chi connectivity index (χ3n) is 6.75. The van der Waals surface area contributed by atoms with Crippen molar-refractivity contribution in [1.82, 2.24) is 4.90 Å². The molecule has 1 N–H and O–H groups in total. The fraction of sp³-hybridized carbons (Fsp3) is 0.966. The van der Waals surface area contributed by atoms with Crippen LogP contribution in [0.1, 0.15) is 136 Å². The molecule has 0 aliphatic heterocycles. The molecule has 0 fully saturated rings. The lowest BCUT2D eigenvalue weighted by molar-refractivity contribution is -0.150. The Kier molecular flexibility index (Phi) is 22.4. The Morgan fingerprint density at radius 2 is 1.26 bits per heavy atom. The number of unbranched alkanes of at least 4 members (excludes halogenated alkanes) is 11. The number of carbonyl (C=O) groups is 1. The maximum Gasteiger partial charge on any atom is 0.307 e. The summed E-state index contributed by atoms with van der Waals surface area (Å²) in [6.45, 7) is 8.36. The van der Waals surface area contributed by atoms with Crippen molar-refractivity contribution in [1.29, 1.82) is 0 Å². The number of esters is 1. The molecule has 0 heterocycles. The number of hydrogen-bond donors (Lipinski definition) is 1. The SMILES string of the molecule is CCCCCCCOC(CCOC(=O)CCN(C)C)C(O)(CCCCCC)CCCCCCC. The first-order valence-corrected chi connectivity index (χ1v) is 14.5. The molecule has 0 aromatic carbocycles. The minimum absolute atomic E-state index is 0.168. The molecule has 5 heteroatoms. The number of nitrogens with zero attached hydrogens (tertiary/aromatic N) is 1. The molecule has 0 aliphatic rings. The van der Waals surface area contributed by atoms with Crippen LogP contribution in [0.25, 0.3) is 0 Å². The van der Waals surface area contributed by atoms with Crippen LogP contribution in [-0.4, -0.2) is 61.5 Å². The van der Waals surface area contributed by atoms with Gasteiger partial charge >= 0.3 is 5.97 Å². The van der Waals surface area contributed by atoms with Gasteiger partial charge in [-0.15, -0.1) is 0 Å². The molecule has 204 valence electrons. The standard InChI is InChI=1S/C29H59NO4/c1-6-9-12-15-18-23-29(32,22-17-14-11-8-3)27(33-25-19-16-13-10-7-2)21-26-34-28(31)20-24-30(4)5/h27,32H,6-26H2,1-5H3. The number of aliphatic hydroxyl groups is 1. The smallest absolute Gasteiger partial charge is 0.307 e. The van der Waals surface area contributed by atoms with Crippen LogP contribution in [0.3, 0.4) is 0 Å². The molecule has 0 aromatic heterocycles. The Bertz CT molecular complexity index is 457. The van der Waals surface area contributed by atoms with E-state index in [2.05, 4.69) is 20.8 Å². The monoisotopic (exact) mass is 485 g/mol. The van der Waals surface area contributed by atoms with Crippen LogP contribution in [0.4, 0.5) is 0 Å². The highest BCUT2D eigenvalue weighted by atomic mass is 16.5. The molecule has 0 saturated heterocycles. The zero-order chi connectivity index (χ0) is 25.5. The van der Waals surface area contributed by atoms with Crippen molar-refractivity contribution >= 4 is 5.97 Å². The Balaban J connectivity index is 5.01. The molecule has 0 saturated carbocycles. The molecular formula is C29H59NO4. The van der Waals surface area contributed by atoms with Gasteiger partial charge < -0.3 is 19.5 Å². The van der Waals surface area contributed by atoms with E-state index in [0.717, 1.165) is 44.9 Å². The summed E-state index contributed by atoms with van der Waals surface area (Å²) < 4.78 is 11.9. The fourth-order valence-electron chi connectivity index (χ4n) is 4.44. The number of hydrogen-bond acceptors (Lipinski definition) is 5. The summed E-state index contributed by atoms with van der Waals surface area (Å²) >= 11 is 0. The second-order valence-electron chi connectivity index (χ2n) is 10.4. The predicted octanol–water partition coefficient (Wildman–Crippen LogP) is 7.29. The second kappa shape index (κ2) is 22.8. The third kappa shape index (κ3) is 18.6. The van der Waals surface area contributed by atoms with Crippen molar-refractivity contribution < 1.29 is 19.4 Å². The number of rotatable bonds is 25. The Labute approximate surface area is 212 Å². The lowest BCUT2D eigenvalue weighted by Crippen LogP contribution is -2.45. The van der Waals surface area contributed by atoms with Crippen LogP contribution in [-0.2, 0) is 14.3 Å². The molecule has 0 aromatic rings. The normalized spacial score (nSPS) is 14.3. The quantitative estimate of drug-likeness (QED) is 0.109. The molecule has 0 radical (unpaired) electrons. The van der Waals surface area contributed by atoms with Gasteiger partial charge in [0.2, 0.25) is 0 Å². The molecule has 5 nitrogen and oxygen atoms in total. The summed E-state index contributed by atoms with van der Waals surface area (Å²) in [7, 11) is 3.91. The molecule has 0 aliphatic carbocycles. The summed E-state index contributed by atoms with van der Waals surface area (Å²) in [6.07, 6.45) is 18.7. The highest BCUT2D eigenvalue weighted by molar-refractivity contribution is 5.69. The average Bonchev–Trinajstić information content (AvgIpc) is 2.81. The zero-order valence-corrected chi connectivity index (χ0v) is 23.5. The number of carbonyl (C=O) groups excluding carboxylic acids is 1. The maximum absolute atomic E-state index is 12.1. The predicted molar refractivity (Wildman–Crippen MR) is 144 cm³/mol. The Morgan fingerprint density at radius 3 is 1.79 bits per heavy atom. The van der Waals surface area contributed by atoms with Gasteiger partial charge in [0, 0.05) is 19.6 Å². The van der Waals surface area contributed by atoms with Crippen molar-refractivity contribution in [3.05, 3.63) is 0 Å². The summed E-state index contributed by atoms with van der Waals surface area (Å²) in [5, 5.41) is 11.8. The van der Waals surface area contributed by atoms with Gasteiger partial charge in [0.25, 0.3) is 0 Å². The lowest BCUT2D eigenvalue weighted by atomic mass is 9.83. The van der Waals surface area contributed by atoms with E-state index in [1.54, 1.807) is 0 Å². The van der Waals surface area contributed by atoms with Gasteiger partial charge in [-0.3, -0.25) is 4.79 Å². The first-order chi connectivity index (χ1) is 16.4. The van der Waals surface area contributed by atoms with Crippen LogP contribution in [0, 0.1) is 0 Å². The second-order valence-corrected chi connectivity index (χ2v) is 10.4. The molecule has 0 rings (SSSR count).